The van der Waals surface area contributed by atoms with Crippen molar-refractivity contribution in [2.24, 2.45) is 17.4 Å². The number of rotatable bonds is 6. The number of pyridine rings is 1. The van der Waals surface area contributed by atoms with E-state index in [4.69, 9.17) is 16.2 Å². The van der Waals surface area contributed by atoms with Crippen molar-refractivity contribution < 1.29 is 9.13 Å². The highest BCUT2D eigenvalue weighted by molar-refractivity contribution is 5.92. The summed E-state index contributed by atoms with van der Waals surface area (Å²) in [6, 6.07) is 3.25. The van der Waals surface area contributed by atoms with Gasteiger partial charge in [0.15, 0.2) is 0 Å². The van der Waals surface area contributed by atoms with Crippen molar-refractivity contribution in [3.05, 3.63) is 33.9 Å². The molecule has 0 amide bonds. The van der Waals surface area contributed by atoms with E-state index in [1.165, 1.54) is 12.1 Å². The second-order valence-corrected chi connectivity index (χ2v) is 8.17. The molecule has 0 spiro atoms. The predicted molar refractivity (Wildman–Crippen MR) is 110 cm³/mol. The largest absolute Gasteiger partial charge is 0.491 e. The quantitative estimate of drug-likeness (QED) is 0.793. The molecule has 0 bridgehead atoms. The molecule has 1 aromatic heterocycles. The lowest BCUT2D eigenvalue weighted by molar-refractivity contribution is 0.331. The van der Waals surface area contributed by atoms with E-state index in [0.29, 0.717) is 29.3 Å². The van der Waals surface area contributed by atoms with Crippen molar-refractivity contribution in [3.8, 4) is 5.75 Å². The van der Waals surface area contributed by atoms with Crippen molar-refractivity contribution in [2.45, 2.75) is 45.2 Å². The molecule has 28 heavy (non-hydrogen) atoms. The summed E-state index contributed by atoms with van der Waals surface area (Å²) in [5, 5.41) is 0.640. The van der Waals surface area contributed by atoms with Gasteiger partial charge in [-0.3, -0.25) is 4.79 Å². The predicted octanol–water partition coefficient (Wildman–Crippen LogP) is 2.29. The van der Waals surface area contributed by atoms with E-state index in [2.05, 4.69) is 4.90 Å². The van der Waals surface area contributed by atoms with Crippen molar-refractivity contribution in [1.82, 2.24) is 4.57 Å². The second kappa shape index (κ2) is 7.37. The summed E-state index contributed by atoms with van der Waals surface area (Å²) < 4.78 is 22.8. The Kier molecular flexibility index (Phi) is 5.05. The summed E-state index contributed by atoms with van der Waals surface area (Å²) in [6.45, 7) is 6.03. The summed E-state index contributed by atoms with van der Waals surface area (Å²) >= 11 is 0. The molecule has 2 aromatic rings. The molecule has 2 fully saturated rings. The number of anilines is 1. The van der Waals surface area contributed by atoms with Gasteiger partial charge < -0.3 is 25.7 Å². The van der Waals surface area contributed by atoms with Crippen molar-refractivity contribution in [1.29, 1.82) is 0 Å². The van der Waals surface area contributed by atoms with Crippen LogP contribution in [0.4, 0.5) is 10.1 Å². The first-order valence-corrected chi connectivity index (χ1v) is 10.1. The van der Waals surface area contributed by atoms with Crippen LogP contribution in [0.3, 0.4) is 0 Å². The van der Waals surface area contributed by atoms with Crippen LogP contribution in [0.15, 0.2) is 16.9 Å². The summed E-state index contributed by atoms with van der Waals surface area (Å²) in [5.41, 5.74) is 13.7. The third-order valence-corrected chi connectivity index (χ3v) is 6.03. The number of aryl methyl sites for hydroxylation is 1. The number of halogens is 1. The molecule has 4 N–H and O–H groups in total. The fraction of sp³-hybridized carbons (Fsp3) is 0.571. The van der Waals surface area contributed by atoms with Gasteiger partial charge >= 0.3 is 0 Å². The van der Waals surface area contributed by atoms with E-state index < -0.39 is 0 Å². The van der Waals surface area contributed by atoms with Crippen LogP contribution in [0.25, 0.3) is 10.9 Å². The van der Waals surface area contributed by atoms with Crippen LogP contribution in [0.5, 0.6) is 5.75 Å². The Morgan fingerprint density at radius 3 is 2.68 bits per heavy atom. The molecule has 6 nitrogen and oxygen atoms in total. The van der Waals surface area contributed by atoms with E-state index in [-0.39, 0.29) is 30.1 Å². The van der Waals surface area contributed by atoms with Gasteiger partial charge in [-0.15, -0.1) is 0 Å². The number of benzene rings is 1. The first-order chi connectivity index (χ1) is 13.4. The molecule has 1 saturated carbocycles. The number of hydrogen-bond donors (Lipinski definition) is 2. The van der Waals surface area contributed by atoms with Gasteiger partial charge in [0.25, 0.3) is 5.56 Å². The molecule has 0 radical (unpaired) electrons. The minimum Gasteiger partial charge on any atom is -0.491 e. The van der Waals surface area contributed by atoms with Gasteiger partial charge in [-0.25, -0.2) is 4.39 Å². The van der Waals surface area contributed by atoms with Crippen LogP contribution in [0.1, 0.15) is 37.8 Å². The highest BCUT2D eigenvalue weighted by atomic mass is 19.1. The van der Waals surface area contributed by atoms with Gasteiger partial charge in [-0.05, 0) is 50.7 Å². The molecule has 2 aliphatic rings. The molecule has 7 heteroatoms. The molecule has 152 valence electrons. The SMILES string of the molecule is Cc1c(N2CCC([C@H](C)N)C2)c(F)cc2c(OCCN)cc(=O)n(C3CC3)c12. The van der Waals surface area contributed by atoms with Crippen molar-refractivity contribution in [2.75, 3.05) is 31.1 Å². The zero-order chi connectivity index (χ0) is 20.0. The average molecular weight is 388 g/mol. The first-order valence-electron chi connectivity index (χ1n) is 10.1. The van der Waals surface area contributed by atoms with Crippen molar-refractivity contribution in [3.63, 3.8) is 0 Å². The highest BCUT2D eigenvalue weighted by Gasteiger charge is 2.32. The Bertz CT molecular complexity index is 952. The minimum absolute atomic E-state index is 0.0785. The van der Waals surface area contributed by atoms with Gasteiger partial charge in [0, 0.05) is 43.2 Å². The summed E-state index contributed by atoms with van der Waals surface area (Å²) in [5.74, 6) is 0.471. The summed E-state index contributed by atoms with van der Waals surface area (Å²) in [6.07, 6.45) is 2.89. The third-order valence-electron chi connectivity index (χ3n) is 6.03. The molecule has 1 aliphatic carbocycles. The van der Waals surface area contributed by atoms with Crippen LogP contribution in [-0.2, 0) is 0 Å². The van der Waals surface area contributed by atoms with Gasteiger partial charge in [0.05, 0.1) is 11.2 Å². The summed E-state index contributed by atoms with van der Waals surface area (Å²) in [4.78, 5) is 14.9. The number of nitrogens with two attached hydrogens (primary N) is 2. The third kappa shape index (κ3) is 3.26. The van der Waals surface area contributed by atoms with E-state index in [9.17, 15) is 4.79 Å². The van der Waals surface area contributed by atoms with Crippen molar-refractivity contribution >= 4 is 16.6 Å². The monoisotopic (exact) mass is 388 g/mol. The van der Waals surface area contributed by atoms with Crippen LogP contribution >= 0.6 is 0 Å². The lowest BCUT2D eigenvalue weighted by Gasteiger charge is -2.25. The first kappa shape index (κ1) is 19.2. The molecule has 1 unspecified atom stereocenters. The number of hydrogen-bond acceptors (Lipinski definition) is 5. The zero-order valence-electron chi connectivity index (χ0n) is 16.6. The van der Waals surface area contributed by atoms with E-state index >= 15 is 4.39 Å². The van der Waals surface area contributed by atoms with Crippen LogP contribution < -0.4 is 26.7 Å². The number of aromatic nitrogens is 1. The van der Waals surface area contributed by atoms with E-state index in [0.717, 1.165) is 43.4 Å². The Hall–Kier alpha value is -2.12. The number of fused-ring (bicyclic) bond motifs is 1. The van der Waals surface area contributed by atoms with E-state index in [1.807, 2.05) is 18.4 Å². The van der Waals surface area contributed by atoms with Crippen LogP contribution in [0.2, 0.25) is 0 Å². The lowest BCUT2D eigenvalue weighted by atomic mass is 10.0. The summed E-state index contributed by atoms with van der Waals surface area (Å²) in [7, 11) is 0. The number of nitrogens with zero attached hydrogens (tertiary/aromatic N) is 2. The average Bonchev–Trinajstić information content (AvgIpc) is 3.36. The molecule has 1 aliphatic heterocycles. The maximum Gasteiger partial charge on any atom is 0.255 e. The Labute approximate surface area is 164 Å². The maximum atomic E-state index is 15.3. The maximum absolute atomic E-state index is 15.3. The topological polar surface area (TPSA) is 86.5 Å². The van der Waals surface area contributed by atoms with Gasteiger partial charge in [-0.1, -0.05) is 0 Å². The second-order valence-electron chi connectivity index (χ2n) is 8.17. The fourth-order valence-corrected chi connectivity index (χ4v) is 4.42. The Morgan fingerprint density at radius 2 is 2.07 bits per heavy atom. The highest BCUT2D eigenvalue weighted by Crippen LogP contribution is 2.42. The van der Waals surface area contributed by atoms with Crippen LogP contribution in [0, 0.1) is 18.7 Å². The molecular formula is C21H29FN4O2. The van der Waals surface area contributed by atoms with E-state index in [1.54, 1.807) is 0 Å². The number of ether oxygens (including phenoxy) is 1. The normalized spacial score (nSPS) is 20.8. The molecular weight excluding hydrogens is 359 g/mol. The van der Waals surface area contributed by atoms with Crippen LogP contribution in [-0.4, -0.2) is 36.9 Å². The smallest absolute Gasteiger partial charge is 0.255 e. The molecule has 1 saturated heterocycles. The Balaban J connectivity index is 1.89. The molecule has 4 rings (SSSR count). The standard InChI is InChI=1S/C21H29FN4O2/c1-12-20-16(9-17(22)21(12)25-7-5-14(11-25)13(2)24)18(28-8-6-23)10-19(27)26(20)15-3-4-15/h9-10,13-15H,3-8,11,23-24H2,1-2H3/t13-,14?/m0/s1. The molecule has 2 heterocycles. The molecule has 1 aromatic carbocycles. The van der Waals surface area contributed by atoms with Gasteiger partial charge in [0.1, 0.15) is 18.2 Å². The van der Waals surface area contributed by atoms with Gasteiger partial charge in [0.2, 0.25) is 0 Å². The fourth-order valence-electron chi connectivity index (χ4n) is 4.42. The molecule has 2 atom stereocenters. The lowest BCUT2D eigenvalue weighted by Crippen LogP contribution is -2.30. The minimum atomic E-state index is -0.283. The zero-order valence-corrected chi connectivity index (χ0v) is 16.6. The van der Waals surface area contributed by atoms with Gasteiger partial charge in [-0.2, -0.15) is 0 Å². The Morgan fingerprint density at radius 1 is 1.32 bits per heavy atom.